The highest BCUT2D eigenvalue weighted by molar-refractivity contribution is 5.17. The van der Waals surface area contributed by atoms with Crippen molar-refractivity contribution in [1.82, 2.24) is 0 Å². The maximum absolute atomic E-state index is 10.4. The lowest BCUT2D eigenvalue weighted by Crippen LogP contribution is -2.57. The summed E-state index contributed by atoms with van der Waals surface area (Å²) in [7, 11) is 0. The van der Waals surface area contributed by atoms with Crippen molar-refractivity contribution in [3.05, 3.63) is 12.2 Å². The van der Waals surface area contributed by atoms with Crippen LogP contribution in [0.4, 0.5) is 0 Å². The maximum Gasteiger partial charge on any atom is 0.0545 e. The quantitative estimate of drug-likeness (QED) is 0.587. The summed E-state index contributed by atoms with van der Waals surface area (Å²) in [6.45, 7) is 14.2. The molecule has 0 spiro atoms. The standard InChI is InChI=1S/C23H38O/c1-15-8-11-21(3)12-9-17-19-7-6-18(16(2)24)22(19,4)13-10-20(17)23(21,5)14-15/h16-20,24H,1,6-14H2,2-5H3/t16-,17+,18+,19-,20+,21+,22+,23+/m0/s1. The van der Waals surface area contributed by atoms with Crippen LogP contribution < -0.4 is 0 Å². The van der Waals surface area contributed by atoms with E-state index < -0.39 is 0 Å². The van der Waals surface area contributed by atoms with Crippen molar-refractivity contribution in [2.75, 3.05) is 0 Å². The fraction of sp³-hybridized carbons (Fsp3) is 0.913. The Balaban J connectivity index is 1.67. The molecule has 1 heteroatoms. The lowest BCUT2D eigenvalue weighted by molar-refractivity contribution is -0.148. The van der Waals surface area contributed by atoms with Crippen LogP contribution in [0.15, 0.2) is 12.2 Å². The van der Waals surface area contributed by atoms with Gasteiger partial charge in [0.05, 0.1) is 6.10 Å². The molecule has 0 aromatic heterocycles. The topological polar surface area (TPSA) is 20.2 Å². The van der Waals surface area contributed by atoms with Gasteiger partial charge in [0.15, 0.2) is 0 Å². The fourth-order valence-corrected chi connectivity index (χ4v) is 8.35. The highest BCUT2D eigenvalue weighted by Crippen LogP contribution is 2.71. The zero-order valence-electron chi connectivity index (χ0n) is 16.4. The van der Waals surface area contributed by atoms with Gasteiger partial charge in [-0.2, -0.15) is 0 Å². The van der Waals surface area contributed by atoms with Gasteiger partial charge in [-0.25, -0.2) is 0 Å². The Kier molecular flexibility index (Phi) is 3.82. The number of hydrogen-bond acceptors (Lipinski definition) is 1. The number of fused-ring (bicyclic) bond motifs is 5. The van der Waals surface area contributed by atoms with Crippen molar-refractivity contribution < 1.29 is 5.11 Å². The Bertz CT molecular complexity index is 536. The van der Waals surface area contributed by atoms with Crippen LogP contribution in [0.5, 0.6) is 0 Å². The molecule has 0 unspecified atom stereocenters. The van der Waals surface area contributed by atoms with Gasteiger partial charge in [0.1, 0.15) is 0 Å². The third-order valence-corrected chi connectivity index (χ3v) is 9.97. The van der Waals surface area contributed by atoms with E-state index >= 15 is 0 Å². The van der Waals surface area contributed by atoms with Crippen LogP contribution in [-0.2, 0) is 0 Å². The van der Waals surface area contributed by atoms with Crippen molar-refractivity contribution in [2.45, 2.75) is 91.6 Å². The third-order valence-electron chi connectivity index (χ3n) is 9.97. The number of hydrogen-bond donors (Lipinski definition) is 1. The van der Waals surface area contributed by atoms with Crippen LogP contribution in [0.2, 0.25) is 0 Å². The summed E-state index contributed by atoms with van der Waals surface area (Å²) < 4.78 is 0. The van der Waals surface area contributed by atoms with E-state index in [1.165, 1.54) is 63.4 Å². The van der Waals surface area contributed by atoms with Gasteiger partial charge < -0.3 is 5.11 Å². The van der Waals surface area contributed by atoms with E-state index in [2.05, 4.69) is 27.4 Å². The largest absolute Gasteiger partial charge is 0.393 e. The molecule has 1 N–H and O–H groups in total. The van der Waals surface area contributed by atoms with Crippen molar-refractivity contribution in [1.29, 1.82) is 0 Å². The van der Waals surface area contributed by atoms with E-state index in [0.29, 0.717) is 22.2 Å². The Morgan fingerprint density at radius 1 is 1.00 bits per heavy atom. The molecule has 0 aliphatic heterocycles. The van der Waals surface area contributed by atoms with Crippen LogP contribution in [0.3, 0.4) is 0 Å². The van der Waals surface area contributed by atoms with Gasteiger partial charge >= 0.3 is 0 Å². The molecule has 4 fully saturated rings. The van der Waals surface area contributed by atoms with E-state index in [4.69, 9.17) is 0 Å². The van der Waals surface area contributed by atoms with Crippen molar-refractivity contribution in [2.24, 2.45) is 39.9 Å². The molecule has 0 bridgehead atoms. The molecular formula is C23H38O. The van der Waals surface area contributed by atoms with Crippen molar-refractivity contribution in [3.8, 4) is 0 Å². The van der Waals surface area contributed by atoms with Gasteiger partial charge in [-0.05, 0) is 105 Å². The minimum Gasteiger partial charge on any atom is -0.393 e. The minimum absolute atomic E-state index is 0.129. The average molecular weight is 331 g/mol. The summed E-state index contributed by atoms with van der Waals surface area (Å²) in [5, 5.41) is 10.4. The SMILES string of the molecule is C=C1CC[C@]2(C)CC[C@H]3[C@@H](CC[C@]4(C)[C@@H]([C@H](C)O)CC[C@@H]34)[C@@]2(C)C1. The average Bonchev–Trinajstić information content (AvgIpc) is 2.86. The maximum atomic E-state index is 10.4. The molecule has 0 heterocycles. The van der Waals surface area contributed by atoms with Gasteiger partial charge in [0.2, 0.25) is 0 Å². The molecule has 0 saturated heterocycles. The highest BCUT2D eigenvalue weighted by atomic mass is 16.3. The van der Waals surface area contributed by atoms with E-state index in [9.17, 15) is 5.11 Å². The van der Waals surface area contributed by atoms with Gasteiger partial charge in [-0.15, -0.1) is 0 Å². The monoisotopic (exact) mass is 330 g/mol. The molecule has 0 radical (unpaired) electrons. The third kappa shape index (κ3) is 2.09. The molecule has 0 aromatic rings. The van der Waals surface area contributed by atoms with Gasteiger partial charge in [-0.1, -0.05) is 32.9 Å². The van der Waals surface area contributed by atoms with E-state index in [-0.39, 0.29) is 6.10 Å². The second-order valence-corrected chi connectivity index (χ2v) is 10.8. The van der Waals surface area contributed by atoms with Gasteiger partial charge in [0.25, 0.3) is 0 Å². The normalized spacial score (nSPS) is 55.5. The summed E-state index contributed by atoms with van der Waals surface area (Å²) in [6.07, 6.45) is 12.0. The second kappa shape index (κ2) is 5.35. The molecule has 136 valence electrons. The first-order valence-corrected chi connectivity index (χ1v) is 10.6. The van der Waals surface area contributed by atoms with Gasteiger partial charge in [0, 0.05) is 0 Å². The molecule has 4 aliphatic rings. The Morgan fingerprint density at radius 2 is 1.75 bits per heavy atom. The predicted octanol–water partition coefficient (Wildman–Crippen LogP) is 5.97. The molecule has 4 saturated carbocycles. The molecular weight excluding hydrogens is 292 g/mol. The Morgan fingerprint density at radius 3 is 2.46 bits per heavy atom. The molecule has 4 aliphatic carbocycles. The van der Waals surface area contributed by atoms with Crippen LogP contribution in [0.25, 0.3) is 0 Å². The fourth-order valence-electron chi connectivity index (χ4n) is 8.35. The van der Waals surface area contributed by atoms with Crippen LogP contribution in [0, 0.1) is 39.9 Å². The molecule has 24 heavy (non-hydrogen) atoms. The van der Waals surface area contributed by atoms with Crippen molar-refractivity contribution >= 4 is 0 Å². The summed E-state index contributed by atoms with van der Waals surface area (Å²) in [5.74, 6) is 3.17. The lowest BCUT2D eigenvalue weighted by atomic mass is 9.40. The summed E-state index contributed by atoms with van der Waals surface area (Å²) in [4.78, 5) is 0. The molecule has 0 amide bonds. The number of aliphatic hydroxyl groups is 1. The molecule has 0 aromatic carbocycles. The van der Waals surface area contributed by atoms with E-state index in [1.54, 1.807) is 0 Å². The molecule has 4 rings (SSSR count). The van der Waals surface area contributed by atoms with Crippen LogP contribution in [0.1, 0.15) is 85.5 Å². The number of allylic oxidation sites excluding steroid dienone is 1. The second-order valence-electron chi connectivity index (χ2n) is 10.8. The van der Waals surface area contributed by atoms with Crippen LogP contribution in [-0.4, -0.2) is 11.2 Å². The Labute approximate surface area is 149 Å². The summed E-state index contributed by atoms with van der Waals surface area (Å²) in [5.41, 5.74) is 2.91. The molecule has 1 nitrogen and oxygen atoms in total. The number of rotatable bonds is 1. The zero-order chi connectivity index (χ0) is 17.3. The van der Waals surface area contributed by atoms with E-state index in [1.807, 2.05) is 6.92 Å². The lowest BCUT2D eigenvalue weighted by Gasteiger charge is -2.65. The first-order valence-electron chi connectivity index (χ1n) is 10.6. The van der Waals surface area contributed by atoms with Crippen molar-refractivity contribution in [3.63, 3.8) is 0 Å². The Hall–Kier alpha value is -0.300. The van der Waals surface area contributed by atoms with E-state index in [0.717, 1.165) is 17.8 Å². The first kappa shape index (κ1) is 17.1. The summed E-state index contributed by atoms with van der Waals surface area (Å²) in [6, 6.07) is 0. The zero-order valence-corrected chi connectivity index (χ0v) is 16.4. The van der Waals surface area contributed by atoms with Gasteiger partial charge in [-0.3, -0.25) is 0 Å². The smallest absolute Gasteiger partial charge is 0.0545 e. The number of aliphatic hydroxyl groups excluding tert-OH is 1. The molecule has 8 atom stereocenters. The summed E-state index contributed by atoms with van der Waals surface area (Å²) >= 11 is 0. The van der Waals surface area contributed by atoms with Crippen LogP contribution >= 0.6 is 0 Å². The predicted molar refractivity (Wildman–Crippen MR) is 101 cm³/mol. The minimum atomic E-state index is -0.129. The first-order chi connectivity index (χ1) is 11.2. The highest BCUT2D eigenvalue weighted by Gasteiger charge is 2.63.